The largest absolute Gasteiger partial charge is 0.378 e. The monoisotopic (exact) mass is 472 g/mol. The first kappa shape index (κ1) is 22.2. The molecule has 3 fully saturated rings. The van der Waals surface area contributed by atoms with E-state index in [4.69, 9.17) is 16.3 Å². The summed E-state index contributed by atoms with van der Waals surface area (Å²) < 4.78 is 6.78. The average molecular weight is 473 g/mol. The molecule has 0 radical (unpaired) electrons. The van der Waals surface area contributed by atoms with Gasteiger partial charge in [-0.05, 0) is 35.6 Å². The number of carbonyl (C=O) groups is 2. The van der Waals surface area contributed by atoms with Crippen molar-refractivity contribution in [3.05, 3.63) is 41.0 Å². The van der Waals surface area contributed by atoms with Crippen LogP contribution in [0, 0.1) is 11.8 Å². The summed E-state index contributed by atoms with van der Waals surface area (Å²) in [6.07, 6.45) is 1.60. The normalized spacial score (nSPS) is 23.1. The molecule has 176 valence electrons. The average Bonchev–Trinajstić information content (AvgIpc) is 3.48. The Hall–Kier alpha value is -2.62. The number of morpholine rings is 1. The minimum atomic E-state index is -0.208. The van der Waals surface area contributed by atoms with Crippen molar-refractivity contribution < 1.29 is 14.3 Å². The Bertz CT molecular complexity index is 1020. The van der Waals surface area contributed by atoms with Crippen LogP contribution in [0.4, 0.5) is 16.3 Å². The van der Waals surface area contributed by atoms with Gasteiger partial charge in [0.25, 0.3) is 0 Å². The highest BCUT2D eigenvalue weighted by Gasteiger charge is 2.42. The van der Waals surface area contributed by atoms with Gasteiger partial charge in [0.05, 0.1) is 13.2 Å². The van der Waals surface area contributed by atoms with E-state index in [0.717, 1.165) is 69.7 Å². The van der Waals surface area contributed by atoms with E-state index in [0.29, 0.717) is 17.7 Å². The number of nitrogens with zero attached hydrogens (tertiary/aromatic N) is 5. The number of hydrogen-bond acceptors (Lipinski definition) is 6. The second-order valence-electron chi connectivity index (χ2n) is 9.15. The lowest BCUT2D eigenvalue weighted by Crippen LogP contribution is -2.36. The summed E-state index contributed by atoms with van der Waals surface area (Å²) in [5.74, 6) is 1.09. The fourth-order valence-corrected chi connectivity index (χ4v) is 5.44. The van der Waals surface area contributed by atoms with E-state index in [1.807, 2.05) is 11.0 Å². The van der Waals surface area contributed by atoms with Gasteiger partial charge in [0.15, 0.2) is 5.82 Å². The van der Waals surface area contributed by atoms with Gasteiger partial charge in [-0.3, -0.25) is 9.69 Å². The lowest BCUT2D eigenvalue weighted by atomic mass is 10.0. The third kappa shape index (κ3) is 5.00. The summed E-state index contributed by atoms with van der Waals surface area (Å²) in [4.78, 5) is 30.7. The third-order valence-electron chi connectivity index (χ3n) is 6.65. The minimum Gasteiger partial charge on any atom is -0.378 e. The second-order valence-corrected chi connectivity index (χ2v) is 9.58. The molecule has 3 aliphatic rings. The fraction of sp³-hybridized carbons (Fsp3) is 0.522. The molecule has 9 nitrogen and oxygen atoms in total. The number of nitrogens with one attached hydrogen (secondary N) is 1. The summed E-state index contributed by atoms with van der Waals surface area (Å²) in [5, 5.41) is 7.54. The van der Waals surface area contributed by atoms with Crippen LogP contribution in [0.1, 0.15) is 12.5 Å². The number of benzene rings is 1. The first-order valence-corrected chi connectivity index (χ1v) is 11.8. The summed E-state index contributed by atoms with van der Waals surface area (Å²) in [6, 6.07) is 7.82. The predicted molar refractivity (Wildman–Crippen MR) is 126 cm³/mol. The molecule has 3 aliphatic heterocycles. The van der Waals surface area contributed by atoms with E-state index < -0.39 is 0 Å². The number of carbonyl (C=O) groups excluding carboxylic acids is 2. The van der Waals surface area contributed by atoms with Crippen molar-refractivity contribution in [2.45, 2.75) is 13.5 Å². The van der Waals surface area contributed by atoms with Crippen LogP contribution in [-0.4, -0.2) is 84.0 Å². The predicted octanol–water partition coefficient (Wildman–Crippen LogP) is 2.36. The lowest BCUT2D eigenvalue weighted by molar-refractivity contribution is -0.114. The van der Waals surface area contributed by atoms with Crippen LogP contribution in [-0.2, 0) is 16.1 Å². The maximum atomic E-state index is 12.8. The van der Waals surface area contributed by atoms with Crippen molar-refractivity contribution in [1.82, 2.24) is 19.6 Å². The van der Waals surface area contributed by atoms with Gasteiger partial charge in [-0.2, -0.15) is 4.68 Å². The van der Waals surface area contributed by atoms with Crippen LogP contribution in [0.3, 0.4) is 0 Å². The summed E-state index contributed by atoms with van der Waals surface area (Å²) >= 11 is 6.44. The molecule has 2 unspecified atom stereocenters. The Labute approximate surface area is 198 Å². The van der Waals surface area contributed by atoms with E-state index in [9.17, 15) is 9.59 Å². The summed E-state index contributed by atoms with van der Waals surface area (Å²) in [5.41, 5.74) is 2.38. The van der Waals surface area contributed by atoms with Crippen LogP contribution < -0.4 is 10.2 Å². The molecule has 1 aromatic carbocycles. The maximum absolute atomic E-state index is 12.8. The molecule has 0 aliphatic carbocycles. The van der Waals surface area contributed by atoms with Gasteiger partial charge in [0, 0.05) is 75.7 Å². The van der Waals surface area contributed by atoms with Crippen molar-refractivity contribution in [2.24, 2.45) is 11.8 Å². The van der Waals surface area contributed by atoms with Gasteiger partial charge >= 0.3 is 6.03 Å². The summed E-state index contributed by atoms with van der Waals surface area (Å²) in [7, 11) is 0. The van der Waals surface area contributed by atoms with E-state index >= 15 is 0 Å². The quantitative estimate of drug-likeness (QED) is 0.735. The number of ether oxygens (including phenoxy) is 1. The Kier molecular flexibility index (Phi) is 6.27. The van der Waals surface area contributed by atoms with Gasteiger partial charge in [0.1, 0.15) is 0 Å². The maximum Gasteiger partial charge on any atom is 0.344 e. The highest BCUT2D eigenvalue weighted by Crippen LogP contribution is 2.33. The molecule has 0 saturated carbocycles. The lowest BCUT2D eigenvalue weighted by Gasteiger charge is -2.29. The van der Waals surface area contributed by atoms with Gasteiger partial charge < -0.3 is 19.9 Å². The van der Waals surface area contributed by atoms with E-state index in [1.165, 1.54) is 17.2 Å². The highest BCUT2D eigenvalue weighted by atomic mass is 35.5. The standard InChI is InChI=1S/C23H29ClN6O3/c1-16(31)25-22-2-3-30(26-22)23(32)29-14-18-12-27(13-19(18)15-29)11-17-8-20(24)10-21(9-17)28-4-6-33-7-5-28/h2-3,8-10,18-19H,4-7,11-15H2,1H3,(H,25,26,31). The molecule has 1 N–H and O–H groups in total. The molecule has 1 aromatic heterocycles. The summed E-state index contributed by atoms with van der Waals surface area (Å²) in [6.45, 7) is 8.93. The van der Waals surface area contributed by atoms with Gasteiger partial charge in [0.2, 0.25) is 5.91 Å². The highest BCUT2D eigenvalue weighted by molar-refractivity contribution is 6.30. The van der Waals surface area contributed by atoms with E-state index in [1.54, 1.807) is 12.3 Å². The Morgan fingerprint density at radius 3 is 2.55 bits per heavy atom. The number of aromatic nitrogens is 2. The number of likely N-dealkylation sites (tertiary alicyclic amines) is 2. The molecule has 33 heavy (non-hydrogen) atoms. The molecule has 4 heterocycles. The zero-order valence-electron chi connectivity index (χ0n) is 18.7. The Morgan fingerprint density at radius 2 is 1.85 bits per heavy atom. The van der Waals surface area contributed by atoms with Crippen molar-refractivity contribution in [2.75, 3.05) is 62.7 Å². The Morgan fingerprint density at radius 1 is 1.12 bits per heavy atom. The number of fused-ring (bicyclic) bond motifs is 1. The van der Waals surface area contributed by atoms with Crippen LogP contribution in [0.15, 0.2) is 30.5 Å². The van der Waals surface area contributed by atoms with Crippen molar-refractivity contribution in [3.63, 3.8) is 0 Å². The van der Waals surface area contributed by atoms with Crippen LogP contribution in [0.2, 0.25) is 5.02 Å². The van der Waals surface area contributed by atoms with Gasteiger partial charge in [-0.1, -0.05) is 11.6 Å². The van der Waals surface area contributed by atoms with E-state index in [-0.39, 0.29) is 11.9 Å². The minimum absolute atomic E-state index is 0.141. The van der Waals surface area contributed by atoms with Crippen LogP contribution in [0.25, 0.3) is 0 Å². The number of anilines is 2. The molecular weight excluding hydrogens is 444 g/mol. The third-order valence-corrected chi connectivity index (χ3v) is 6.86. The number of amides is 2. The van der Waals surface area contributed by atoms with Crippen molar-refractivity contribution in [3.8, 4) is 0 Å². The van der Waals surface area contributed by atoms with Crippen LogP contribution >= 0.6 is 11.6 Å². The number of hydrogen-bond donors (Lipinski definition) is 1. The molecule has 2 aromatic rings. The smallest absolute Gasteiger partial charge is 0.344 e. The second kappa shape index (κ2) is 9.32. The Balaban J connectivity index is 1.17. The van der Waals surface area contributed by atoms with Crippen molar-refractivity contribution in [1.29, 1.82) is 0 Å². The molecule has 10 heteroatoms. The molecule has 5 rings (SSSR count). The topological polar surface area (TPSA) is 82.9 Å². The molecule has 3 saturated heterocycles. The zero-order valence-corrected chi connectivity index (χ0v) is 19.5. The van der Waals surface area contributed by atoms with Crippen molar-refractivity contribution >= 4 is 35.0 Å². The molecule has 2 atom stereocenters. The van der Waals surface area contributed by atoms with Gasteiger partial charge in [-0.15, -0.1) is 5.10 Å². The van der Waals surface area contributed by atoms with E-state index in [2.05, 4.69) is 32.3 Å². The first-order chi connectivity index (χ1) is 15.9. The molecule has 0 spiro atoms. The number of halogens is 1. The molecular formula is C23H29ClN6O3. The number of rotatable bonds is 4. The molecule has 2 amide bonds. The fourth-order valence-electron chi connectivity index (χ4n) is 5.18. The molecule has 0 bridgehead atoms. The van der Waals surface area contributed by atoms with Crippen LogP contribution in [0.5, 0.6) is 0 Å². The zero-order chi connectivity index (χ0) is 22.9. The first-order valence-electron chi connectivity index (χ1n) is 11.4. The SMILES string of the molecule is CC(=O)Nc1ccn(C(=O)N2CC3CN(Cc4cc(Cl)cc(N5CCOCC5)c4)CC3C2)n1. The van der Waals surface area contributed by atoms with Gasteiger partial charge in [-0.25, -0.2) is 4.79 Å².